The maximum absolute atomic E-state index is 13.0. The lowest BCUT2D eigenvalue weighted by Gasteiger charge is -2.17. The zero-order chi connectivity index (χ0) is 16.7. The van der Waals surface area contributed by atoms with E-state index in [2.05, 4.69) is 9.97 Å². The predicted octanol–water partition coefficient (Wildman–Crippen LogP) is 5.04. The lowest BCUT2D eigenvalue weighted by atomic mass is 10.2. The minimum atomic E-state index is -0.0664. The molecule has 1 saturated carbocycles. The maximum atomic E-state index is 13.0. The van der Waals surface area contributed by atoms with Crippen molar-refractivity contribution in [2.24, 2.45) is 0 Å². The normalized spacial score (nSPS) is 13.9. The molecule has 2 heterocycles. The Bertz CT molecular complexity index is 883. The Balaban J connectivity index is 1.63. The molecule has 1 aromatic carbocycles. The summed E-state index contributed by atoms with van der Waals surface area (Å²) in [6, 6.07) is 7.74. The molecule has 0 radical (unpaired) electrons. The second kappa shape index (κ2) is 6.27. The quantitative estimate of drug-likeness (QED) is 0.641. The SMILES string of the molecule is Cc1csc(N(C(=O)c2csc(-c3ccc(Cl)cc3)n2)C2CC2)n1. The summed E-state index contributed by atoms with van der Waals surface area (Å²) in [5, 5.41) is 6.06. The van der Waals surface area contributed by atoms with E-state index in [4.69, 9.17) is 11.6 Å². The molecule has 122 valence electrons. The number of hydrogen-bond donors (Lipinski definition) is 0. The monoisotopic (exact) mass is 375 g/mol. The summed E-state index contributed by atoms with van der Waals surface area (Å²) < 4.78 is 0. The zero-order valence-electron chi connectivity index (χ0n) is 12.9. The minimum Gasteiger partial charge on any atom is -0.280 e. The molecule has 4 rings (SSSR count). The molecule has 0 unspecified atom stereocenters. The van der Waals surface area contributed by atoms with Gasteiger partial charge >= 0.3 is 0 Å². The van der Waals surface area contributed by atoms with Crippen molar-refractivity contribution in [2.75, 3.05) is 4.90 Å². The molecule has 1 aliphatic carbocycles. The first kappa shape index (κ1) is 15.7. The minimum absolute atomic E-state index is 0.0664. The van der Waals surface area contributed by atoms with E-state index in [0.717, 1.165) is 34.2 Å². The third kappa shape index (κ3) is 3.09. The smallest absolute Gasteiger partial charge is 0.279 e. The molecule has 1 amide bonds. The van der Waals surface area contributed by atoms with Crippen molar-refractivity contribution in [3.8, 4) is 10.6 Å². The Morgan fingerprint density at radius 3 is 2.54 bits per heavy atom. The number of nitrogens with zero attached hydrogens (tertiary/aromatic N) is 3. The van der Waals surface area contributed by atoms with Crippen molar-refractivity contribution < 1.29 is 4.79 Å². The molecular weight excluding hydrogens is 362 g/mol. The van der Waals surface area contributed by atoms with Gasteiger partial charge in [-0.25, -0.2) is 9.97 Å². The first-order valence-electron chi connectivity index (χ1n) is 7.59. The molecule has 0 atom stereocenters. The van der Waals surface area contributed by atoms with Crippen LogP contribution in [0.3, 0.4) is 0 Å². The number of thiazole rings is 2. The second-order valence-corrected chi connectivity index (χ2v) is 7.85. The summed E-state index contributed by atoms with van der Waals surface area (Å²) in [5.41, 5.74) is 2.38. The number of anilines is 1. The summed E-state index contributed by atoms with van der Waals surface area (Å²) in [6.07, 6.45) is 2.05. The molecule has 3 aromatic rings. The van der Waals surface area contributed by atoms with Gasteiger partial charge in [0, 0.05) is 27.4 Å². The molecule has 4 nitrogen and oxygen atoms in total. The Morgan fingerprint density at radius 1 is 1.17 bits per heavy atom. The van der Waals surface area contributed by atoms with Crippen LogP contribution in [0.5, 0.6) is 0 Å². The van der Waals surface area contributed by atoms with Crippen LogP contribution in [0.1, 0.15) is 29.0 Å². The second-order valence-electron chi connectivity index (χ2n) is 5.72. The van der Waals surface area contributed by atoms with E-state index < -0.39 is 0 Å². The third-order valence-electron chi connectivity index (χ3n) is 3.76. The van der Waals surface area contributed by atoms with E-state index in [0.29, 0.717) is 10.7 Å². The zero-order valence-corrected chi connectivity index (χ0v) is 15.3. The lowest BCUT2D eigenvalue weighted by Crippen LogP contribution is -2.33. The average molecular weight is 376 g/mol. The third-order valence-corrected chi connectivity index (χ3v) is 5.86. The summed E-state index contributed by atoms with van der Waals surface area (Å²) in [5.74, 6) is -0.0664. The van der Waals surface area contributed by atoms with E-state index in [1.807, 2.05) is 41.9 Å². The molecule has 1 fully saturated rings. The Labute approximate surface area is 152 Å². The van der Waals surface area contributed by atoms with Gasteiger partial charge in [-0.15, -0.1) is 22.7 Å². The van der Waals surface area contributed by atoms with Crippen LogP contribution in [0.2, 0.25) is 5.02 Å². The van der Waals surface area contributed by atoms with Gasteiger partial charge in [-0.2, -0.15) is 0 Å². The van der Waals surface area contributed by atoms with Gasteiger partial charge in [-0.3, -0.25) is 9.69 Å². The number of aromatic nitrogens is 2. The predicted molar refractivity (Wildman–Crippen MR) is 99.2 cm³/mol. The standard InChI is InChI=1S/C17H14ClN3OS2/c1-10-8-24-17(19-10)21(13-6-7-13)16(22)14-9-23-15(20-14)11-2-4-12(18)5-3-11/h2-5,8-9,13H,6-7H2,1H3. The summed E-state index contributed by atoms with van der Waals surface area (Å²) in [6.45, 7) is 1.94. The van der Waals surface area contributed by atoms with E-state index in [1.165, 1.54) is 22.7 Å². The van der Waals surface area contributed by atoms with Crippen LogP contribution < -0.4 is 4.90 Å². The van der Waals surface area contributed by atoms with Crippen molar-refractivity contribution in [1.82, 2.24) is 9.97 Å². The van der Waals surface area contributed by atoms with Gasteiger partial charge in [0.2, 0.25) is 0 Å². The molecule has 0 bridgehead atoms. The molecule has 0 saturated heterocycles. The fraction of sp³-hybridized carbons (Fsp3) is 0.235. The van der Waals surface area contributed by atoms with Crippen molar-refractivity contribution in [1.29, 1.82) is 0 Å². The van der Waals surface area contributed by atoms with Crippen LogP contribution in [-0.2, 0) is 0 Å². The number of benzene rings is 1. The molecule has 0 N–H and O–H groups in total. The Kier molecular flexibility index (Phi) is 4.12. The first-order chi connectivity index (χ1) is 11.6. The number of carbonyl (C=O) groups excluding carboxylic acids is 1. The highest BCUT2D eigenvalue weighted by atomic mass is 35.5. The van der Waals surface area contributed by atoms with E-state index in [-0.39, 0.29) is 11.9 Å². The van der Waals surface area contributed by atoms with Crippen LogP contribution >= 0.6 is 34.3 Å². The van der Waals surface area contributed by atoms with Gasteiger partial charge in [0.15, 0.2) is 5.13 Å². The number of halogens is 1. The van der Waals surface area contributed by atoms with Gasteiger partial charge < -0.3 is 0 Å². The average Bonchev–Trinajstić information content (AvgIpc) is 3.11. The first-order valence-corrected chi connectivity index (χ1v) is 9.73. The molecular formula is C17H14ClN3OS2. The Morgan fingerprint density at radius 2 is 1.92 bits per heavy atom. The van der Waals surface area contributed by atoms with Crippen molar-refractivity contribution >= 4 is 45.3 Å². The van der Waals surface area contributed by atoms with E-state index >= 15 is 0 Å². The fourth-order valence-electron chi connectivity index (χ4n) is 2.41. The molecule has 1 aliphatic rings. The highest BCUT2D eigenvalue weighted by Gasteiger charge is 2.36. The molecule has 0 aliphatic heterocycles. The summed E-state index contributed by atoms with van der Waals surface area (Å²) >= 11 is 8.90. The molecule has 0 spiro atoms. The van der Waals surface area contributed by atoms with Crippen molar-refractivity contribution in [2.45, 2.75) is 25.8 Å². The fourth-order valence-corrected chi connectivity index (χ4v) is 4.21. The topological polar surface area (TPSA) is 46.1 Å². The summed E-state index contributed by atoms with van der Waals surface area (Å²) in [4.78, 5) is 23.8. The molecule has 24 heavy (non-hydrogen) atoms. The van der Waals surface area contributed by atoms with Crippen molar-refractivity contribution in [3.05, 3.63) is 51.4 Å². The number of aryl methyl sites for hydroxylation is 1. The van der Waals surface area contributed by atoms with Gasteiger partial charge in [0.25, 0.3) is 5.91 Å². The van der Waals surface area contributed by atoms with E-state index in [1.54, 1.807) is 4.90 Å². The van der Waals surface area contributed by atoms with Gasteiger partial charge in [0.05, 0.1) is 5.69 Å². The largest absolute Gasteiger partial charge is 0.280 e. The van der Waals surface area contributed by atoms with Crippen molar-refractivity contribution in [3.63, 3.8) is 0 Å². The van der Waals surface area contributed by atoms with Gasteiger partial charge in [-0.05, 0) is 31.9 Å². The maximum Gasteiger partial charge on any atom is 0.279 e. The van der Waals surface area contributed by atoms with E-state index in [9.17, 15) is 4.79 Å². The van der Waals surface area contributed by atoms with Crippen LogP contribution in [-0.4, -0.2) is 21.9 Å². The number of rotatable bonds is 4. The van der Waals surface area contributed by atoms with Crippen LogP contribution in [0.15, 0.2) is 35.0 Å². The number of hydrogen-bond acceptors (Lipinski definition) is 5. The number of amides is 1. The van der Waals surface area contributed by atoms with Crippen LogP contribution in [0.25, 0.3) is 10.6 Å². The van der Waals surface area contributed by atoms with Gasteiger partial charge in [-0.1, -0.05) is 23.7 Å². The van der Waals surface area contributed by atoms with Crippen LogP contribution in [0.4, 0.5) is 5.13 Å². The summed E-state index contributed by atoms with van der Waals surface area (Å²) in [7, 11) is 0. The number of carbonyl (C=O) groups is 1. The Hall–Kier alpha value is -1.76. The van der Waals surface area contributed by atoms with Gasteiger partial charge in [0.1, 0.15) is 10.7 Å². The van der Waals surface area contributed by atoms with Crippen LogP contribution in [0, 0.1) is 6.92 Å². The molecule has 2 aromatic heterocycles. The highest BCUT2D eigenvalue weighted by Crippen LogP contribution is 2.35. The highest BCUT2D eigenvalue weighted by molar-refractivity contribution is 7.14. The molecule has 7 heteroatoms. The lowest BCUT2D eigenvalue weighted by molar-refractivity contribution is 0.0981.